The number of hydrogen-bond acceptors (Lipinski definition) is 5. The van der Waals surface area contributed by atoms with Gasteiger partial charge in [0.2, 0.25) is 0 Å². The van der Waals surface area contributed by atoms with Crippen LogP contribution in [0.3, 0.4) is 0 Å². The molecule has 0 fully saturated rings. The Morgan fingerprint density at radius 2 is 1.75 bits per heavy atom. The van der Waals surface area contributed by atoms with Gasteiger partial charge < -0.3 is 10.2 Å². The number of anilines is 3. The van der Waals surface area contributed by atoms with Crippen molar-refractivity contribution in [3.63, 3.8) is 0 Å². The molecular weight excluding hydrogens is 316 g/mol. The van der Waals surface area contributed by atoms with Crippen LogP contribution in [0.2, 0.25) is 0 Å². The summed E-state index contributed by atoms with van der Waals surface area (Å²) in [4.78, 5) is 13.9. The van der Waals surface area contributed by atoms with Gasteiger partial charge in [0.1, 0.15) is 16.5 Å². The van der Waals surface area contributed by atoms with Gasteiger partial charge >= 0.3 is 0 Å². The van der Waals surface area contributed by atoms with Crippen molar-refractivity contribution in [3.8, 4) is 0 Å². The average Bonchev–Trinajstić information content (AvgIpc) is 3.00. The first kappa shape index (κ1) is 16.7. The second-order valence-electron chi connectivity index (χ2n) is 5.75. The van der Waals surface area contributed by atoms with E-state index in [0.29, 0.717) is 0 Å². The normalized spacial score (nSPS) is 11.0. The van der Waals surface area contributed by atoms with E-state index in [9.17, 15) is 0 Å². The molecule has 0 spiro atoms. The van der Waals surface area contributed by atoms with Gasteiger partial charge in [0.15, 0.2) is 0 Å². The fraction of sp³-hybridized carbons (Fsp3) is 0.368. The largest absolute Gasteiger partial charge is 0.372 e. The molecule has 126 valence electrons. The molecule has 3 aromatic rings. The van der Waals surface area contributed by atoms with E-state index in [0.717, 1.165) is 47.1 Å². The summed E-state index contributed by atoms with van der Waals surface area (Å²) in [5, 5.41) is 4.57. The van der Waals surface area contributed by atoms with Gasteiger partial charge in [-0.1, -0.05) is 6.92 Å². The minimum Gasteiger partial charge on any atom is -0.372 e. The Morgan fingerprint density at radius 1 is 1.04 bits per heavy atom. The first-order valence-corrected chi connectivity index (χ1v) is 9.35. The fourth-order valence-electron chi connectivity index (χ4n) is 2.83. The van der Waals surface area contributed by atoms with E-state index < -0.39 is 0 Å². The second kappa shape index (κ2) is 7.18. The molecule has 0 amide bonds. The molecular formula is C19H24N4S. The number of thiophene rings is 1. The van der Waals surface area contributed by atoms with Gasteiger partial charge in [-0.15, -0.1) is 11.3 Å². The Kier molecular flexibility index (Phi) is 5.00. The molecule has 2 aromatic heterocycles. The summed E-state index contributed by atoms with van der Waals surface area (Å²) in [6.45, 7) is 10.5. The van der Waals surface area contributed by atoms with E-state index in [2.05, 4.69) is 71.3 Å². The van der Waals surface area contributed by atoms with Crippen molar-refractivity contribution in [2.24, 2.45) is 0 Å². The minimum atomic E-state index is 0.800. The number of rotatable bonds is 6. The molecule has 4 nitrogen and oxygen atoms in total. The van der Waals surface area contributed by atoms with Crippen LogP contribution in [0, 0.1) is 6.92 Å². The van der Waals surface area contributed by atoms with Crippen molar-refractivity contribution in [2.45, 2.75) is 34.1 Å². The first-order chi connectivity index (χ1) is 11.6. The molecule has 0 aliphatic carbocycles. The van der Waals surface area contributed by atoms with Crippen LogP contribution in [0.1, 0.15) is 31.5 Å². The van der Waals surface area contributed by atoms with Crippen molar-refractivity contribution >= 4 is 38.7 Å². The van der Waals surface area contributed by atoms with Crippen LogP contribution in [-0.2, 0) is 6.42 Å². The summed E-state index contributed by atoms with van der Waals surface area (Å²) in [7, 11) is 0. The highest BCUT2D eigenvalue weighted by Crippen LogP contribution is 2.31. The molecule has 1 aromatic carbocycles. The highest BCUT2D eigenvalue weighted by molar-refractivity contribution is 7.18. The van der Waals surface area contributed by atoms with E-state index >= 15 is 0 Å². The topological polar surface area (TPSA) is 41.0 Å². The maximum Gasteiger partial charge on any atom is 0.142 e. The molecule has 24 heavy (non-hydrogen) atoms. The number of aromatic nitrogens is 2. The first-order valence-electron chi connectivity index (χ1n) is 8.53. The fourth-order valence-corrected chi connectivity index (χ4v) is 3.84. The lowest BCUT2D eigenvalue weighted by Crippen LogP contribution is -2.21. The van der Waals surface area contributed by atoms with E-state index in [1.807, 2.05) is 6.92 Å². The van der Waals surface area contributed by atoms with Crippen molar-refractivity contribution < 1.29 is 0 Å². The van der Waals surface area contributed by atoms with Gasteiger partial charge in [-0.25, -0.2) is 9.97 Å². The molecule has 1 N–H and O–H groups in total. The van der Waals surface area contributed by atoms with Crippen molar-refractivity contribution in [1.29, 1.82) is 0 Å². The molecule has 0 saturated carbocycles. The third-order valence-corrected chi connectivity index (χ3v) is 5.34. The number of nitrogens with one attached hydrogen (secondary N) is 1. The number of aryl methyl sites for hydroxylation is 2. The van der Waals surface area contributed by atoms with Gasteiger partial charge in [0, 0.05) is 29.3 Å². The summed E-state index contributed by atoms with van der Waals surface area (Å²) in [6, 6.07) is 10.7. The SMILES string of the molecule is CCc1cc2c(Nc3ccc(N(CC)CC)cc3)nc(C)nc2s1. The molecule has 0 saturated heterocycles. The number of hydrogen-bond donors (Lipinski definition) is 1. The summed E-state index contributed by atoms with van der Waals surface area (Å²) in [6.07, 6.45) is 1.03. The van der Waals surface area contributed by atoms with E-state index in [1.165, 1.54) is 10.6 Å². The third kappa shape index (κ3) is 3.36. The van der Waals surface area contributed by atoms with Gasteiger partial charge in [0.05, 0.1) is 5.39 Å². The maximum absolute atomic E-state index is 4.61. The van der Waals surface area contributed by atoms with Crippen molar-refractivity contribution in [3.05, 3.63) is 41.0 Å². The van der Waals surface area contributed by atoms with Gasteiger partial charge in [-0.3, -0.25) is 0 Å². The standard InChI is InChI=1S/C19H24N4S/c1-5-16-12-17-18(20-13(4)21-19(17)24-16)22-14-8-10-15(11-9-14)23(6-2)7-3/h8-12H,5-7H2,1-4H3,(H,20,21,22). The molecule has 2 heterocycles. The lowest BCUT2D eigenvalue weighted by molar-refractivity contribution is 0.866. The van der Waals surface area contributed by atoms with Crippen LogP contribution in [0.4, 0.5) is 17.2 Å². The Hall–Kier alpha value is -2.14. The second-order valence-corrected chi connectivity index (χ2v) is 6.86. The number of nitrogens with zero attached hydrogens (tertiary/aromatic N) is 3. The molecule has 0 bridgehead atoms. The monoisotopic (exact) mass is 340 g/mol. The quantitative estimate of drug-likeness (QED) is 0.673. The van der Waals surface area contributed by atoms with E-state index in [1.54, 1.807) is 11.3 Å². The van der Waals surface area contributed by atoms with Crippen molar-refractivity contribution in [1.82, 2.24) is 9.97 Å². The molecule has 5 heteroatoms. The minimum absolute atomic E-state index is 0.800. The third-order valence-electron chi connectivity index (χ3n) is 4.16. The van der Waals surface area contributed by atoms with Crippen LogP contribution in [0.5, 0.6) is 0 Å². The summed E-state index contributed by atoms with van der Waals surface area (Å²) in [5.74, 6) is 1.69. The van der Waals surface area contributed by atoms with Crippen LogP contribution in [-0.4, -0.2) is 23.1 Å². The zero-order valence-electron chi connectivity index (χ0n) is 14.8. The number of fused-ring (bicyclic) bond motifs is 1. The molecule has 0 unspecified atom stereocenters. The van der Waals surface area contributed by atoms with Crippen LogP contribution < -0.4 is 10.2 Å². The predicted octanol–water partition coefficient (Wildman–Crippen LogP) is 5.15. The zero-order chi connectivity index (χ0) is 17.1. The zero-order valence-corrected chi connectivity index (χ0v) is 15.6. The lowest BCUT2D eigenvalue weighted by Gasteiger charge is -2.21. The highest BCUT2D eigenvalue weighted by Gasteiger charge is 2.10. The Labute approximate surface area is 147 Å². The summed E-state index contributed by atoms with van der Waals surface area (Å²) < 4.78 is 0. The maximum atomic E-state index is 4.61. The smallest absolute Gasteiger partial charge is 0.142 e. The molecule has 0 aliphatic heterocycles. The molecule has 0 radical (unpaired) electrons. The Bertz CT molecular complexity index is 819. The van der Waals surface area contributed by atoms with Crippen LogP contribution in [0.25, 0.3) is 10.2 Å². The number of benzene rings is 1. The summed E-state index contributed by atoms with van der Waals surface area (Å²) in [5.41, 5.74) is 2.30. The molecule has 0 atom stereocenters. The van der Waals surface area contributed by atoms with E-state index in [-0.39, 0.29) is 0 Å². The van der Waals surface area contributed by atoms with Gasteiger partial charge in [-0.2, -0.15) is 0 Å². The van der Waals surface area contributed by atoms with Gasteiger partial charge in [-0.05, 0) is 57.5 Å². The Morgan fingerprint density at radius 3 is 2.38 bits per heavy atom. The van der Waals surface area contributed by atoms with Crippen molar-refractivity contribution in [2.75, 3.05) is 23.3 Å². The average molecular weight is 340 g/mol. The van der Waals surface area contributed by atoms with Crippen LogP contribution >= 0.6 is 11.3 Å². The Balaban J connectivity index is 1.90. The lowest BCUT2D eigenvalue weighted by atomic mass is 10.2. The summed E-state index contributed by atoms with van der Waals surface area (Å²) >= 11 is 1.75. The predicted molar refractivity (Wildman–Crippen MR) is 105 cm³/mol. The van der Waals surface area contributed by atoms with E-state index in [4.69, 9.17) is 0 Å². The van der Waals surface area contributed by atoms with Gasteiger partial charge in [0.25, 0.3) is 0 Å². The molecule has 3 rings (SSSR count). The highest BCUT2D eigenvalue weighted by atomic mass is 32.1. The van der Waals surface area contributed by atoms with Crippen LogP contribution in [0.15, 0.2) is 30.3 Å². The molecule has 0 aliphatic rings.